The van der Waals surface area contributed by atoms with Crippen molar-refractivity contribution in [2.45, 2.75) is 63.2 Å². The average Bonchev–Trinajstić information content (AvgIpc) is 2.60. The first-order valence-corrected chi connectivity index (χ1v) is 10.9. The second kappa shape index (κ2) is 13.0. The minimum atomic E-state index is -4.34. The zero-order valence-electron chi connectivity index (χ0n) is 16.7. The van der Waals surface area contributed by atoms with Crippen molar-refractivity contribution in [3.63, 3.8) is 0 Å². The van der Waals surface area contributed by atoms with Crippen LogP contribution in [0.15, 0.2) is 47.4 Å². The molecule has 0 bridgehead atoms. The van der Waals surface area contributed by atoms with Crippen LogP contribution in [0.4, 0.5) is 0 Å². The van der Waals surface area contributed by atoms with E-state index >= 15 is 0 Å². The summed E-state index contributed by atoms with van der Waals surface area (Å²) >= 11 is 0. The summed E-state index contributed by atoms with van der Waals surface area (Å²) in [6.45, 7) is 2.19. The van der Waals surface area contributed by atoms with Gasteiger partial charge in [0.2, 0.25) is 0 Å². The Morgan fingerprint density at radius 3 is 2.25 bits per heavy atom. The van der Waals surface area contributed by atoms with Crippen molar-refractivity contribution >= 4 is 10.1 Å². The van der Waals surface area contributed by atoms with Crippen molar-refractivity contribution in [2.75, 3.05) is 0 Å². The molecule has 0 atom stereocenters. The Labute approximate surface area is 210 Å². The van der Waals surface area contributed by atoms with Crippen LogP contribution < -0.4 is 61.2 Å². The molecule has 2 rings (SSSR count). The molecule has 1 N–H and O–H groups in total. The summed E-state index contributed by atoms with van der Waals surface area (Å²) in [6.07, 6.45) is 8.85. The minimum absolute atomic E-state index is 0. The molecule has 0 unspecified atom stereocenters. The Hall–Kier alpha value is -0.414. The summed E-state index contributed by atoms with van der Waals surface area (Å²) in [4.78, 5) is -0.198. The summed E-state index contributed by atoms with van der Waals surface area (Å²) in [6, 6.07) is 10.4. The van der Waals surface area contributed by atoms with Gasteiger partial charge in [0.15, 0.2) is 0 Å². The van der Waals surface area contributed by atoms with Gasteiger partial charge in [-0.05, 0) is 42.7 Å². The number of benzene rings is 2. The van der Waals surface area contributed by atoms with E-state index in [0.29, 0.717) is 12.2 Å². The quantitative estimate of drug-likeness (QED) is 0.335. The molecule has 0 aliphatic rings. The van der Waals surface area contributed by atoms with Crippen molar-refractivity contribution in [2.24, 2.45) is 0 Å². The molecule has 148 valence electrons. The molecule has 0 spiro atoms. The van der Waals surface area contributed by atoms with E-state index in [1.54, 1.807) is 18.2 Å². The predicted octanol–water partition coefficient (Wildman–Crippen LogP) is 2.10. The van der Waals surface area contributed by atoms with E-state index < -0.39 is 10.1 Å². The van der Waals surface area contributed by atoms with E-state index in [1.807, 2.05) is 0 Å². The maximum atomic E-state index is 11.6. The molecule has 0 aliphatic carbocycles. The maximum Gasteiger partial charge on any atom is 1.00 e. The third kappa shape index (κ3) is 9.39. The van der Waals surface area contributed by atoms with Gasteiger partial charge in [0, 0.05) is 6.07 Å². The van der Waals surface area contributed by atoms with Crippen molar-refractivity contribution in [3.8, 4) is 17.2 Å². The zero-order valence-corrected chi connectivity index (χ0v) is 20.6. The molecule has 28 heavy (non-hydrogen) atoms. The van der Waals surface area contributed by atoms with Gasteiger partial charge in [-0.15, -0.1) is 5.75 Å². The van der Waals surface area contributed by atoms with E-state index in [2.05, 4.69) is 6.92 Å². The Morgan fingerprint density at radius 2 is 1.61 bits per heavy atom. The molecule has 0 saturated heterocycles. The molecule has 7 heteroatoms. The number of hydrogen-bond acceptors (Lipinski definition) is 4. The van der Waals surface area contributed by atoms with Crippen LogP contribution in [0.1, 0.15) is 57.4 Å². The summed E-state index contributed by atoms with van der Waals surface area (Å²) in [5.74, 6) is 0.423. The van der Waals surface area contributed by atoms with Gasteiger partial charge in [-0.2, -0.15) is 8.42 Å². The third-order valence-corrected chi connectivity index (χ3v) is 5.18. The smallest absolute Gasteiger partial charge is 0.872 e. The van der Waals surface area contributed by atoms with E-state index in [9.17, 15) is 18.1 Å². The van der Waals surface area contributed by atoms with Gasteiger partial charge in [0.1, 0.15) is 11.5 Å². The van der Waals surface area contributed by atoms with Crippen molar-refractivity contribution in [3.05, 3.63) is 48.0 Å². The first-order chi connectivity index (χ1) is 12.9. The number of aryl methyl sites for hydroxylation is 1. The van der Waals surface area contributed by atoms with Gasteiger partial charge in [0.05, 0.1) is 4.90 Å². The Morgan fingerprint density at radius 1 is 0.929 bits per heavy atom. The summed E-state index contributed by atoms with van der Waals surface area (Å²) in [7, 11) is -4.34. The van der Waals surface area contributed by atoms with Gasteiger partial charge in [0.25, 0.3) is 10.1 Å². The van der Waals surface area contributed by atoms with Gasteiger partial charge in [-0.1, -0.05) is 57.6 Å². The molecule has 0 aliphatic heterocycles. The van der Waals surface area contributed by atoms with Crippen LogP contribution in [0.3, 0.4) is 0 Å². The van der Waals surface area contributed by atoms with Crippen molar-refractivity contribution in [1.82, 2.24) is 0 Å². The number of hydrogen-bond donors (Lipinski definition) is 1. The molecule has 2 aromatic rings. The second-order valence-electron chi connectivity index (χ2n) is 6.74. The second-order valence-corrected chi connectivity index (χ2v) is 8.16. The predicted molar refractivity (Wildman–Crippen MR) is 104 cm³/mol. The molecule has 0 aromatic heterocycles. The Bertz CT molecular complexity index is 836. The topological polar surface area (TPSA) is 86.7 Å². The molecule has 0 amide bonds. The first kappa shape index (κ1) is 25.6. The van der Waals surface area contributed by atoms with E-state index in [0.717, 1.165) is 24.8 Å². The first-order valence-electron chi connectivity index (χ1n) is 9.45. The Kier molecular flexibility index (Phi) is 11.9. The van der Waals surface area contributed by atoms with Crippen LogP contribution in [0.5, 0.6) is 17.2 Å². The fourth-order valence-electron chi connectivity index (χ4n) is 2.94. The molecular weight excluding hydrogens is 403 g/mol. The van der Waals surface area contributed by atoms with Crippen LogP contribution in [0.2, 0.25) is 0 Å². The third-order valence-electron chi connectivity index (χ3n) is 4.35. The van der Waals surface area contributed by atoms with E-state index in [4.69, 9.17) is 4.74 Å². The summed E-state index contributed by atoms with van der Waals surface area (Å²) in [5, 5.41) is 11.4. The molecular formula is C21H27KO5S. The largest absolute Gasteiger partial charge is 1.00 e. The van der Waals surface area contributed by atoms with Gasteiger partial charge in [-0.3, -0.25) is 4.55 Å². The fourth-order valence-corrected chi connectivity index (χ4v) is 3.51. The van der Waals surface area contributed by atoms with Gasteiger partial charge in [-0.25, -0.2) is 0 Å². The normalized spacial score (nSPS) is 11.1. The van der Waals surface area contributed by atoms with Gasteiger partial charge >= 0.3 is 51.4 Å². The zero-order chi connectivity index (χ0) is 19.7. The van der Waals surface area contributed by atoms with E-state index in [1.165, 1.54) is 49.9 Å². The molecule has 5 nitrogen and oxygen atoms in total. The van der Waals surface area contributed by atoms with Crippen molar-refractivity contribution in [1.29, 1.82) is 0 Å². The molecule has 0 radical (unpaired) electrons. The molecule has 2 aromatic carbocycles. The SMILES string of the molecule is CCCCCCCCCc1cc(Oc2cccc([O-])c2)cc(S(=O)(=O)O)c1.[K+]. The van der Waals surface area contributed by atoms with Gasteiger partial charge < -0.3 is 9.84 Å². The van der Waals surface area contributed by atoms with E-state index in [-0.39, 0.29) is 67.8 Å². The number of rotatable bonds is 11. The van der Waals surface area contributed by atoms with Crippen LogP contribution in [0.25, 0.3) is 0 Å². The molecule has 0 fully saturated rings. The summed E-state index contributed by atoms with van der Waals surface area (Å²) in [5.41, 5.74) is 0.784. The maximum absolute atomic E-state index is 11.6. The monoisotopic (exact) mass is 430 g/mol. The number of unbranched alkanes of at least 4 members (excludes halogenated alkanes) is 6. The standard InChI is InChI=1S/C21H28O5S.K/c1-2-3-4-5-6-7-8-10-17-13-20(16-21(14-17)27(23,24)25)26-19-12-9-11-18(22)15-19;/h9,11-16,22H,2-8,10H2,1H3,(H,23,24,25);/q;+1/p-1. The van der Waals surface area contributed by atoms with Crippen molar-refractivity contribution < 1.29 is 74.2 Å². The number of ether oxygens (including phenoxy) is 1. The Balaban J connectivity index is 0.00000392. The van der Waals surface area contributed by atoms with Crippen LogP contribution in [-0.4, -0.2) is 13.0 Å². The fraction of sp³-hybridized carbons (Fsp3) is 0.429. The molecule has 0 heterocycles. The minimum Gasteiger partial charge on any atom is -0.872 e. The van der Waals surface area contributed by atoms with Crippen LogP contribution in [-0.2, 0) is 16.5 Å². The van der Waals surface area contributed by atoms with Crippen LogP contribution >= 0.6 is 0 Å². The summed E-state index contributed by atoms with van der Waals surface area (Å²) < 4.78 is 38.2. The van der Waals surface area contributed by atoms with Crippen LogP contribution in [0, 0.1) is 0 Å². The average molecular weight is 431 g/mol. The molecule has 0 saturated carbocycles.